The van der Waals surface area contributed by atoms with Crippen molar-refractivity contribution in [2.24, 2.45) is 0 Å². The molecule has 2 aromatic rings. The average molecular weight is 262 g/mol. The highest BCUT2D eigenvalue weighted by Crippen LogP contribution is 2.23. The van der Waals surface area contributed by atoms with Gasteiger partial charge in [-0.25, -0.2) is 8.78 Å². The third-order valence-corrected chi connectivity index (χ3v) is 2.99. The molecule has 0 fully saturated rings. The van der Waals surface area contributed by atoms with Gasteiger partial charge in [0, 0.05) is 24.0 Å². The fourth-order valence-electron chi connectivity index (χ4n) is 2.12. The van der Waals surface area contributed by atoms with Crippen molar-refractivity contribution in [3.63, 3.8) is 0 Å². The van der Waals surface area contributed by atoms with Crippen LogP contribution in [0.15, 0.2) is 42.7 Å². The van der Waals surface area contributed by atoms with Crippen LogP contribution >= 0.6 is 0 Å². The summed E-state index contributed by atoms with van der Waals surface area (Å²) in [5.41, 5.74) is 1.09. The minimum Gasteiger partial charge on any atom is -0.310 e. The number of aromatic nitrogens is 1. The predicted molar refractivity (Wildman–Crippen MR) is 70.7 cm³/mol. The van der Waals surface area contributed by atoms with Gasteiger partial charge in [0.25, 0.3) is 0 Å². The molecule has 0 aliphatic carbocycles. The first-order valence-corrected chi connectivity index (χ1v) is 6.28. The Balaban J connectivity index is 2.30. The lowest BCUT2D eigenvalue weighted by atomic mass is 9.98. The summed E-state index contributed by atoms with van der Waals surface area (Å²) in [6.07, 6.45) is 3.88. The molecule has 1 atom stereocenters. The van der Waals surface area contributed by atoms with Crippen LogP contribution in [0.4, 0.5) is 8.78 Å². The van der Waals surface area contributed by atoms with Gasteiger partial charge in [-0.2, -0.15) is 0 Å². The summed E-state index contributed by atoms with van der Waals surface area (Å²) in [4.78, 5) is 3.94. The zero-order valence-electron chi connectivity index (χ0n) is 10.7. The van der Waals surface area contributed by atoms with Crippen molar-refractivity contribution in [3.8, 4) is 0 Å². The molecule has 0 bridgehead atoms. The Morgan fingerprint density at radius 1 is 1.11 bits per heavy atom. The van der Waals surface area contributed by atoms with Gasteiger partial charge in [0.15, 0.2) is 0 Å². The largest absolute Gasteiger partial charge is 0.310 e. The lowest BCUT2D eigenvalue weighted by Crippen LogP contribution is -2.25. The molecule has 2 nitrogen and oxygen atoms in total. The van der Waals surface area contributed by atoms with Gasteiger partial charge in [0.2, 0.25) is 0 Å². The van der Waals surface area contributed by atoms with Crippen molar-refractivity contribution in [2.75, 3.05) is 6.54 Å². The summed E-state index contributed by atoms with van der Waals surface area (Å²) in [6.45, 7) is 2.56. The summed E-state index contributed by atoms with van der Waals surface area (Å²) in [5, 5.41) is 3.13. The van der Waals surface area contributed by atoms with E-state index in [2.05, 4.69) is 10.3 Å². The Kier molecular flexibility index (Phi) is 4.58. The number of hydrogen-bond donors (Lipinski definition) is 1. The van der Waals surface area contributed by atoms with Crippen molar-refractivity contribution in [1.29, 1.82) is 0 Å². The van der Waals surface area contributed by atoms with Crippen molar-refractivity contribution < 1.29 is 8.78 Å². The first-order chi connectivity index (χ1) is 9.22. The van der Waals surface area contributed by atoms with Crippen LogP contribution in [0.5, 0.6) is 0 Å². The molecule has 0 aliphatic heterocycles. The minimum absolute atomic E-state index is 0.0983. The summed E-state index contributed by atoms with van der Waals surface area (Å²) in [5.74, 6) is -1.03. The van der Waals surface area contributed by atoms with Crippen molar-refractivity contribution in [3.05, 3.63) is 65.5 Å². The fourth-order valence-corrected chi connectivity index (χ4v) is 2.12. The molecule has 0 aliphatic rings. The highest BCUT2D eigenvalue weighted by molar-refractivity contribution is 5.26. The quantitative estimate of drug-likeness (QED) is 0.894. The highest BCUT2D eigenvalue weighted by atomic mass is 19.1. The van der Waals surface area contributed by atoms with Crippen LogP contribution in [-0.4, -0.2) is 11.5 Å². The van der Waals surface area contributed by atoms with Gasteiger partial charge in [0.1, 0.15) is 11.6 Å². The number of nitrogens with zero attached hydrogens (tertiary/aromatic N) is 1. The maximum absolute atomic E-state index is 13.8. The van der Waals surface area contributed by atoms with E-state index in [-0.39, 0.29) is 11.6 Å². The fraction of sp³-hybridized carbons (Fsp3) is 0.267. The number of likely N-dealkylation sites (N-methyl/N-ethyl adjacent to an activating group) is 1. The average Bonchev–Trinajstić information content (AvgIpc) is 2.40. The summed E-state index contributed by atoms with van der Waals surface area (Å²) in [6, 6.07) is 7.27. The van der Waals surface area contributed by atoms with Crippen LogP contribution in [0.25, 0.3) is 0 Å². The van der Waals surface area contributed by atoms with E-state index in [1.807, 2.05) is 19.1 Å². The van der Waals surface area contributed by atoms with Crippen LogP contribution in [0, 0.1) is 11.6 Å². The molecular formula is C15H16F2N2. The molecular weight excluding hydrogens is 246 g/mol. The van der Waals surface area contributed by atoms with E-state index in [4.69, 9.17) is 0 Å². The van der Waals surface area contributed by atoms with Crippen LogP contribution in [0.1, 0.15) is 24.1 Å². The topological polar surface area (TPSA) is 24.9 Å². The SMILES string of the molecule is CCNC(Cc1ccncc1)c1c(F)cccc1F. The molecule has 2 rings (SSSR count). The molecule has 0 saturated heterocycles. The van der Waals surface area contributed by atoms with E-state index < -0.39 is 11.6 Å². The smallest absolute Gasteiger partial charge is 0.130 e. The van der Waals surface area contributed by atoms with Crippen molar-refractivity contribution in [2.45, 2.75) is 19.4 Å². The second kappa shape index (κ2) is 6.38. The highest BCUT2D eigenvalue weighted by Gasteiger charge is 2.19. The first kappa shape index (κ1) is 13.6. The zero-order valence-corrected chi connectivity index (χ0v) is 10.7. The molecule has 1 N–H and O–H groups in total. The molecule has 0 amide bonds. The molecule has 1 unspecified atom stereocenters. The monoisotopic (exact) mass is 262 g/mol. The molecule has 0 saturated carbocycles. The molecule has 0 radical (unpaired) electrons. The number of nitrogens with one attached hydrogen (secondary N) is 1. The van der Waals surface area contributed by atoms with Gasteiger partial charge in [-0.3, -0.25) is 4.98 Å². The van der Waals surface area contributed by atoms with Crippen LogP contribution in [0.2, 0.25) is 0 Å². The number of pyridine rings is 1. The Labute approximate surface area is 111 Å². The molecule has 1 aromatic heterocycles. The number of rotatable bonds is 5. The molecule has 1 aromatic carbocycles. The van der Waals surface area contributed by atoms with E-state index in [0.717, 1.165) is 5.56 Å². The zero-order chi connectivity index (χ0) is 13.7. The third-order valence-electron chi connectivity index (χ3n) is 2.99. The lowest BCUT2D eigenvalue weighted by Gasteiger charge is -2.19. The molecule has 100 valence electrons. The molecule has 4 heteroatoms. The van der Waals surface area contributed by atoms with Gasteiger partial charge in [0.05, 0.1) is 0 Å². The molecule has 0 spiro atoms. The van der Waals surface area contributed by atoms with E-state index in [9.17, 15) is 8.78 Å². The van der Waals surface area contributed by atoms with E-state index >= 15 is 0 Å². The second-order valence-corrected chi connectivity index (χ2v) is 4.31. The van der Waals surface area contributed by atoms with Crippen molar-refractivity contribution in [1.82, 2.24) is 10.3 Å². The van der Waals surface area contributed by atoms with Gasteiger partial charge in [-0.05, 0) is 42.8 Å². The Bertz CT molecular complexity index is 509. The summed E-state index contributed by atoms with van der Waals surface area (Å²) in [7, 11) is 0. The van der Waals surface area contributed by atoms with Gasteiger partial charge in [-0.1, -0.05) is 13.0 Å². The second-order valence-electron chi connectivity index (χ2n) is 4.31. The third kappa shape index (κ3) is 3.35. The maximum atomic E-state index is 13.8. The predicted octanol–water partition coefficient (Wildman–Crippen LogP) is 3.25. The van der Waals surface area contributed by atoms with Gasteiger partial charge < -0.3 is 5.32 Å². The van der Waals surface area contributed by atoms with Crippen LogP contribution < -0.4 is 5.32 Å². The normalized spacial score (nSPS) is 12.4. The van der Waals surface area contributed by atoms with Gasteiger partial charge in [-0.15, -0.1) is 0 Å². The number of halogens is 2. The lowest BCUT2D eigenvalue weighted by molar-refractivity contribution is 0.473. The Hall–Kier alpha value is -1.81. The van der Waals surface area contributed by atoms with Gasteiger partial charge >= 0.3 is 0 Å². The number of hydrogen-bond acceptors (Lipinski definition) is 2. The van der Waals surface area contributed by atoms with E-state index in [1.54, 1.807) is 12.4 Å². The molecule has 1 heterocycles. The maximum Gasteiger partial charge on any atom is 0.130 e. The van der Waals surface area contributed by atoms with Crippen LogP contribution in [-0.2, 0) is 6.42 Å². The summed E-state index contributed by atoms with van der Waals surface area (Å²) < 4.78 is 27.7. The Morgan fingerprint density at radius 3 is 2.32 bits per heavy atom. The standard InChI is InChI=1S/C15H16F2N2/c1-2-19-14(10-11-6-8-18-9-7-11)15-12(16)4-3-5-13(15)17/h3-9,14,19H,2,10H2,1H3. The van der Waals surface area contributed by atoms with Crippen molar-refractivity contribution >= 4 is 0 Å². The molecule has 19 heavy (non-hydrogen) atoms. The van der Waals surface area contributed by atoms with E-state index in [0.29, 0.717) is 13.0 Å². The van der Waals surface area contributed by atoms with Crippen LogP contribution in [0.3, 0.4) is 0 Å². The van der Waals surface area contributed by atoms with E-state index in [1.165, 1.54) is 18.2 Å². The first-order valence-electron chi connectivity index (χ1n) is 6.28. The summed E-state index contributed by atoms with van der Waals surface area (Å²) >= 11 is 0. The Morgan fingerprint density at radius 2 is 1.74 bits per heavy atom. The number of benzene rings is 1. The minimum atomic E-state index is -0.514.